The smallest absolute Gasteiger partial charge is 0.191 e. The molecule has 0 spiro atoms. The summed E-state index contributed by atoms with van der Waals surface area (Å²) in [4.78, 5) is 8.49. The summed E-state index contributed by atoms with van der Waals surface area (Å²) in [5, 5.41) is 10.8. The second-order valence-electron chi connectivity index (χ2n) is 6.57. The monoisotopic (exact) mass is 344 g/mol. The van der Waals surface area contributed by atoms with Gasteiger partial charge in [0.1, 0.15) is 18.0 Å². The van der Waals surface area contributed by atoms with Gasteiger partial charge >= 0.3 is 0 Å². The van der Waals surface area contributed by atoms with Crippen LogP contribution < -0.4 is 10.6 Å². The van der Waals surface area contributed by atoms with Crippen LogP contribution in [0.15, 0.2) is 35.6 Å². The third-order valence-electron chi connectivity index (χ3n) is 5.05. The van der Waals surface area contributed by atoms with E-state index in [0.29, 0.717) is 6.54 Å². The van der Waals surface area contributed by atoms with Gasteiger partial charge in [-0.1, -0.05) is 25.0 Å². The number of guanidine groups is 1. The molecule has 1 aliphatic carbocycles. The van der Waals surface area contributed by atoms with Crippen LogP contribution in [0.1, 0.15) is 37.1 Å². The Morgan fingerprint density at radius 2 is 1.96 bits per heavy atom. The maximum atomic E-state index is 13.3. The van der Waals surface area contributed by atoms with Gasteiger partial charge in [-0.15, -0.1) is 0 Å². The van der Waals surface area contributed by atoms with Crippen molar-refractivity contribution in [2.75, 3.05) is 13.6 Å². The number of benzene rings is 1. The fraction of sp³-hybridized carbons (Fsp3) is 0.500. The quantitative estimate of drug-likeness (QED) is 0.644. The summed E-state index contributed by atoms with van der Waals surface area (Å²) < 4.78 is 15.0. The lowest BCUT2D eigenvalue weighted by Crippen LogP contribution is -2.44. The number of rotatable bonds is 5. The van der Waals surface area contributed by atoms with E-state index in [0.717, 1.165) is 31.2 Å². The zero-order valence-electron chi connectivity index (χ0n) is 14.8. The minimum absolute atomic E-state index is 0.0378. The molecule has 0 unspecified atom stereocenters. The van der Waals surface area contributed by atoms with Crippen molar-refractivity contribution in [2.45, 2.75) is 37.6 Å². The average molecular weight is 344 g/mol. The number of hydrogen-bond donors (Lipinski definition) is 2. The molecule has 1 aromatic carbocycles. The van der Waals surface area contributed by atoms with Crippen molar-refractivity contribution in [3.05, 3.63) is 47.8 Å². The van der Waals surface area contributed by atoms with Crippen molar-refractivity contribution in [1.82, 2.24) is 25.4 Å². The molecule has 0 saturated heterocycles. The Morgan fingerprint density at radius 1 is 1.24 bits per heavy atom. The Kier molecular flexibility index (Phi) is 5.31. The van der Waals surface area contributed by atoms with Crippen molar-refractivity contribution >= 4 is 5.96 Å². The van der Waals surface area contributed by atoms with E-state index < -0.39 is 0 Å². The van der Waals surface area contributed by atoms with Crippen molar-refractivity contribution in [1.29, 1.82) is 0 Å². The van der Waals surface area contributed by atoms with Crippen LogP contribution in [0.5, 0.6) is 0 Å². The summed E-state index contributed by atoms with van der Waals surface area (Å²) >= 11 is 0. The first kappa shape index (κ1) is 17.4. The summed E-state index contributed by atoms with van der Waals surface area (Å²) in [7, 11) is 3.62. The van der Waals surface area contributed by atoms with E-state index in [9.17, 15) is 4.39 Å². The average Bonchev–Trinajstić information content (AvgIpc) is 3.26. The first-order chi connectivity index (χ1) is 12.1. The number of aromatic nitrogens is 3. The third kappa shape index (κ3) is 3.97. The summed E-state index contributed by atoms with van der Waals surface area (Å²) in [6, 6.07) is 6.93. The molecule has 1 heterocycles. The molecule has 0 amide bonds. The molecule has 25 heavy (non-hydrogen) atoms. The zero-order chi connectivity index (χ0) is 17.7. The van der Waals surface area contributed by atoms with Crippen LogP contribution in [0.25, 0.3) is 0 Å². The van der Waals surface area contributed by atoms with Gasteiger partial charge in [0.2, 0.25) is 0 Å². The normalized spacial score (nSPS) is 16.8. The van der Waals surface area contributed by atoms with Gasteiger partial charge in [0.25, 0.3) is 0 Å². The predicted octanol–water partition coefficient (Wildman–Crippen LogP) is 2.13. The highest BCUT2D eigenvalue weighted by molar-refractivity contribution is 5.79. The van der Waals surface area contributed by atoms with E-state index in [2.05, 4.69) is 25.7 Å². The molecule has 2 aromatic rings. The molecule has 7 heteroatoms. The Balaban J connectivity index is 1.64. The van der Waals surface area contributed by atoms with E-state index in [4.69, 9.17) is 0 Å². The van der Waals surface area contributed by atoms with Gasteiger partial charge in [-0.25, -0.2) is 9.37 Å². The summed E-state index contributed by atoms with van der Waals surface area (Å²) in [5.41, 5.74) is 1.23. The van der Waals surface area contributed by atoms with Crippen molar-refractivity contribution in [3.8, 4) is 0 Å². The fourth-order valence-electron chi connectivity index (χ4n) is 3.54. The maximum absolute atomic E-state index is 13.3. The molecule has 1 aliphatic rings. The molecule has 2 N–H and O–H groups in total. The highest BCUT2D eigenvalue weighted by Crippen LogP contribution is 2.40. The Hall–Kier alpha value is -2.44. The molecule has 134 valence electrons. The molecular formula is C18H25FN6. The molecule has 0 atom stereocenters. The largest absolute Gasteiger partial charge is 0.356 e. The van der Waals surface area contributed by atoms with Gasteiger partial charge in [-0.3, -0.25) is 9.67 Å². The molecule has 0 bridgehead atoms. The fourth-order valence-corrected chi connectivity index (χ4v) is 3.54. The van der Waals surface area contributed by atoms with Crippen LogP contribution in [-0.4, -0.2) is 34.3 Å². The van der Waals surface area contributed by atoms with Crippen molar-refractivity contribution in [3.63, 3.8) is 0 Å². The van der Waals surface area contributed by atoms with Gasteiger partial charge in [0.05, 0.1) is 6.54 Å². The van der Waals surface area contributed by atoms with Crippen LogP contribution in [-0.2, 0) is 19.0 Å². The Labute approximate surface area is 147 Å². The molecule has 0 aliphatic heterocycles. The van der Waals surface area contributed by atoms with E-state index in [1.54, 1.807) is 23.9 Å². The molecule has 1 aromatic heterocycles. The van der Waals surface area contributed by atoms with Gasteiger partial charge in [0.15, 0.2) is 5.96 Å². The zero-order valence-corrected chi connectivity index (χ0v) is 14.8. The highest BCUT2D eigenvalue weighted by atomic mass is 19.1. The number of nitrogens with one attached hydrogen (secondary N) is 2. The van der Waals surface area contributed by atoms with E-state index >= 15 is 0 Å². The topological polar surface area (TPSA) is 67.1 Å². The van der Waals surface area contributed by atoms with Crippen LogP contribution in [0, 0.1) is 5.82 Å². The first-order valence-corrected chi connectivity index (χ1v) is 8.66. The van der Waals surface area contributed by atoms with Crippen LogP contribution in [0.3, 0.4) is 0 Å². The number of hydrogen-bond acceptors (Lipinski definition) is 3. The number of halogens is 1. The minimum Gasteiger partial charge on any atom is -0.356 e. The third-order valence-corrected chi connectivity index (χ3v) is 5.05. The van der Waals surface area contributed by atoms with Gasteiger partial charge < -0.3 is 10.6 Å². The maximum Gasteiger partial charge on any atom is 0.191 e. The van der Waals surface area contributed by atoms with E-state index in [1.807, 2.05) is 19.2 Å². The van der Waals surface area contributed by atoms with Gasteiger partial charge in [0, 0.05) is 26.1 Å². The van der Waals surface area contributed by atoms with E-state index in [-0.39, 0.29) is 11.2 Å². The molecule has 6 nitrogen and oxygen atoms in total. The first-order valence-electron chi connectivity index (χ1n) is 8.66. The van der Waals surface area contributed by atoms with Crippen LogP contribution in [0.2, 0.25) is 0 Å². The SMILES string of the molecule is CN=C(NCc1ncnn1C)NCC1(c2ccc(F)cc2)CCCC1. The molecular weight excluding hydrogens is 319 g/mol. The second-order valence-corrected chi connectivity index (χ2v) is 6.57. The van der Waals surface area contributed by atoms with E-state index in [1.165, 1.54) is 24.7 Å². The molecule has 1 saturated carbocycles. The lowest BCUT2D eigenvalue weighted by atomic mass is 9.79. The van der Waals surface area contributed by atoms with Crippen molar-refractivity contribution < 1.29 is 4.39 Å². The lowest BCUT2D eigenvalue weighted by Gasteiger charge is -2.30. The lowest BCUT2D eigenvalue weighted by molar-refractivity contribution is 0.430. The van der Waals surface area contributed by atoms with Gasteiger partial charge in [-0.2, -0.15) is 5.10 Å². The number of aliphatic imine (C=N–C) groups is 1. The second kappa shape index (κ2) is 7.63. The summed E-state index contributed by atoms with van der Waals surface area (Å²) in [5.74, 6) is 1.39. The molecule has 0 radical (unpaired) electrons. The molecule has 1 fully saturated rings. The number of aryl methyl sites for hydroxylation is 1. The van der Waals surface area contributed by atoms with Gasteiger partial charge in [-0.05, 0) is 30.5 Å². The Bertz CT molecular complexity index is 715. The molecule has 3 rings (SSSR count). The number of nitrogens with zero attached hydrogens (tertiary/aromatic N) is 4. The predicted molar refractivity (Wildman–Crippen MR) is 95.8 cm³/mol. The van der Waals surface area contributed by atoms with Crippen molar-refractivity contribution in [2.24, 2.45) is 12.0 Å². The summed E-state index contributed by atoms with van der Waals surface area (Å²) in [6.45, 7) is 1.33. The summed E-state index contributed by atoms with van der Waals surface area (Å²) in [6.07, 6.45) is 6.14. The van der Waals surface area contributed by atoms with Crippen LogP contribution >= 0.6 is 0 Å². The van der Waals surface area contributed by atoms with Crippen LogP contribution in [0.4, 0.5) is 4.39 Å². The highest BCUT2D eigenvalue weighted by Gasteiger charge is 2.35. The minimum atomic E-state index is -0.189. The Morgan fingerprint density at radius 3 is 2.56 bits per heavy atom. The standard InChI is InChI=1S/C18H25FN6/c1-20-17(21-11-16-23-13-24-25(16)2)22-12-18(9-3-4-10-18)14-5-7-15(19)8-6-14/h5-8,13H,3-4,9-12H2,1-2H3,(H2,20,21,22).